The van der Waals surface area contributed by atoms with Crippen molar-refractivity contribution in [1.82, 2.24) is 19.7 Å². The van der Waals surface area contributed by atoms with Gasteiger partial charge in [0.2, 0.25) is 0 Å². The van der Waals surface area contributed by atoms with E-state index >= 15 is 0 Å². The van der Waals surface area contributed by atoms with Crippen LogP contribution >= 0.6 is 11.3 Å². The number of aryl methyl sites for hydroxylation is 2. The number of hydrogen-bond acceptors (Lipinski definition) is 5. The molecule has 2 saturated heterocycles. The molecule has 0 amide bonds. The smallest absolute Gasteiger partial charge is 0.188 e. The summed E-state index contributed by atoms with van der Waals surface area (Å²) in [7, 11) is 4.23. The fourth-order valence-corrected chi connectivity index (χ4v) is 4.59. The van der Waals surface area contributed by atoms with Crippen LogP contribution in [0.3, 0.4) is 0 Å². The summed E-state index contributed by atoms with van der Waals surface area (Å²) in [6, 6.07) is 0.728. The number of likely N-dealkylation sites (N-methyl/N-ethyl adjacent to an activating group) is 1. The summed E-state index contributed by atoms with van der Waals surface area (Å²) in [4.78, 5) is 9.77. The second-order valence-corrected chi connectivity index (χ2v) is 6.84. The molecule has 0 aliphatic carbocycles. The lowest BCUT2D eigenvalue weighted by Gasteiger charge is -2.19. The molecule has 2 atom stereocenters. The summed E-state index contributed by atoms with van der Waals surface area (Å²) in [5.74, 6) is 0.830. The normalized spacial score (nSPS) is 27.6. The van der Waals surface area contributed by atoms with Crippen LogP contribution in [0.5, 0.6) is 0 Å². The predicted octanol–water partition coefficient (Wildman–Crippen LogP) is 1.48. The third-order valence-corrected chi connectivity index (χ3v) is 5.84. The second-order valence-electron chi connectivity index (χ2n) is 5.86. The number of thiazole rings is 1. The van der Waals surface area contributed by atoms with Crippen LogP contribution in [0, 0.1) is 12.8 Å². The van der Waals surface area contributed by atoms with Crippen molar-refractivity contribution in [3.63, 3.8) is 0 Å². The minimum absolute atomic E-state index is 0.728. The van der Waals surface area contributed by atoms with Crippen molar-refractivity contribution >= 4 is 26.8 Å². The van der Waals surface area contributed by atoms with Crippen LogP contribution in [0.15, 0.2) is 0 Å². The molecule has 5 nitrogen and oxygen atoms in total. The van der Waals surface area contributed by atoms with E-state index in [0.717, 1.165) is 29.8 Å². The van der Waals surface area contributed by atoms with Crippen LogP contribution in [0.4, 0.5) is 5.13 Å². The highest BCUT2D eigenvalue weighted by Gasteiger charge is 2.40. The average Bonchev–Trinajstić information content (AvgIpc) is 3.06. The van der Waals surface area contributed by atoms with E-state index in [2.05, 4.69) is 28.9 Å². The van der Waals surface area contributed by atoms with Crippen molar-refractivity contribution in [3.8, 4) is 0 Å². The van der Waals surface area contributed by atoms with Gasteiger partial charge in [0.25, 0.3) is 0 Å². The van der Waals surface area contributed by atoms with E-state index < -0.39 is 0 Å². The number of hydrogen-bond donors (Lipinski definition) is 0. The standard InChI is InChI=1S/C13H19N5S/c1-8-11-12(17(3)15-8)14-13(19-11)18-6-9-4-5-16(2)10(9)7-18/h9-10H,4-7H2,1-3H3. The van der Waals surface area contributed by atoms with Gasteiger partial charge in [-0.05, 0) is 32.9 Å². The van der Waals surface area contributed by atoms with Gasteiger partial charge < -0.3 is 9.80 Å². The van der Waals surface area contributed by atoms with Crippen molar-refractivity contribution in [2.75, 3.05) is 31.6 Å². The number of nitrogens with zero attached hydrogens (tertiary/aromatic N) is 5. The maximum absolute atomic E-state index is 4.79. The number of likely N-dealkylation sites (tertiary alicyclic amines) is 1. The molecule has 4 heterocycles. The molecule has 4 rings (SSSR count). The minimum Gasteiger partial charge on any atom is -0.346 e. The molecule has 0 saturated carbocycles. The van der Waals surface area contributed by atoms with Gasteiger partial charge in [0, 0.05) is 26.2 Å². The number of fused-ring (bicyclic) bond motifs is 2. The second kappa shape index (κ2) is 3.93. The van der Waals surface area contributed by atoms with Gasteiger partial charge in [0.15, 0.2) is 10.8 Å². The zero-order valence-electron chi connectivity index (χ0n) is 11.6. The summed E-state index contributed by atoms with van der Waals surface area (Å²) in [5, 5.41) is 5.60. The van der Waals surface area contributed by atoms with Gasteiger partial charge in [-0.15, -0.1) is 0 Å². The molecule has 0 spiro atoms. The Morgan fingerprint density at radius 3 is 2.84 bits per heavy atom. The van der Waals surface area contributed by atoms with Gasteiger partial charge >= 0.3 is 0 Å². The van der Waals surface area contributed by atoms with E-state index in [-0.39, 0.29) is 0 Å². The first-order chi connectivity index (χ1) is 9.13. The van der Waals surface area contributed by atoms with Crippen LogP contribution < -0.4 is 4.90 Å². The van der Waals surface area contributed by atoms with Crippen LogP contribution in [0.1, 0.15) is 12.1 Å². The monoisotopic (exact) mass is 277 g/mol. The van der Waals surface area contributed by atoms with E-state index in [9.17, 15) is 0 Å². The summed E-state index contributed by atoms with van der Waals surface area (Å²) >= 11 is 1.79. The Bertz CT molecular complexity index is 596. The first kappa shape index (κ1) is 11.7. The van der Waals surface area contributed by atoms with E-state index in [1.54, 1.807) is 11.3 Å². The zero-order valence-corrected chi connectivity index (χ0v) is 12.4. The predicted molar refractivity (Wildman–Crippen MR) is 77.9 cm³/mol. The zero-order chi connectivity index (χ0) is 13.1. The lowest BCUT2D eigenvalue weighted by molar-refractivity contribution is 0.310. The molecular formula is C13H19N5S. The quantitative estimate of drug-likeness (QED) is 0.791. The third-order valence-electron chi connectivity index (χ3n) is 4.63. The van der Waals surface area contributed by atoms with Crippen LogP contribution in [0.25, 0.3) is 10.3 Å². The maximum Gasteiger partial charge on any atom is 0.188 e. The first-order valence-corrected chi connectivity index (χ1v) is 7.70. The SMILES string of the molecule is Cc1nn(C)c2nc(N3CC4CCN(C)C4C3)sc12. The van der Waals surface area contributed by atoms with Crippen molar-refractivity contribution in [1.29, 1.82) is 0 Å². The largest absolute Gasteiger partial charge is 0.346 e. The van der Waals surface area contributed by atoms with Crippen molar-refractivity contribution in [2.45, 2.75) is 19.4 Å². The summed E-state index contributed by atoms with van der Waals surface area (Å²) in [5.41, 5.74) is 2.13. The van der Waals surface area contributed by atoms with Gasteiger partial charge in [0.05, 0.1) is 10.4 Å². The first-order valence-electron chi connectivity index (χ1n) is 6.89. The fourth-order valence-electron chi connectivity index (χ4n) is 3.54. The number of aromatic nitrogens is 3. The molecule has 0 N–H and O–H groups in total. The summed E-state index contributed by atoms with van der Waals surface area (Å²) in [6.45, 7) is 5.62. The maximum atomic E-state index is 4.79. The Morgan fingerprint density at radius 1 is 1.26 bits per heavy atom. The van der Waals surface area contributed by atoms with Crippen LogP contribution in [-0.4, -0.2) is 52.4 Å². The van der Waals surface area contributed by atoms with Gasteiger partial charge in [-0.2, -0.15) is 5.10 Å². The molecule has 2 aromatic rings. The highest BCUT2D eigenvalue weighted by molar-refractivity contribution is 7.22. The molecule has 0 aromatic carbocycles. The van der Waals surface area contributed by atoms with Gasteiger partial charge in [-0.25, -0.2) is 9.67 Å². The van der Waals surface area contributed by atoms with Crippen molar-refractivity contribution in [2.24, 2.45) is 13.0 Å². The lowest BCUT2D eigenvalue weighted by Crippen LogP contribution is -2.32. The molecule has 0 bridgehead atoms. The molecule has 19 heavy (non-hydrogen) atoms. The highest BCUT2D eigenvalue weighted by atomic mass is 32.1. The van der Waals surface area contributed by atoms with Crippen LogP contribution in [0.2, 0.25) is 0 Å². The van der Waals surface area contributed by atoms with Crippen molar-refractivity contribution in [3.05, 3.63) is 5.69 Å². The average molecular weight is 277 g/mol. The summed E-state index contributed by atoms with van der Waals surface area (Å²) in [6.07, 6.45) is 1.34. The fraction of sp³-hybridized carbons (Fsp3) is 0.692. The topological polar surface area (TPSA) is 37.2 Å². The molecule has 2 fully saturated rings. The molecule has 0 radical (unpaired) electrons. The van der Waals surface area contributed by atoms with E-state index in [1.807, 2.05) is 11.7 Å². The van der Waals surface area contributed by atoms with E-state index in [4.69, 9.17) is 4.98 Å². The molecule has 2 aliphatic heterocycles. The summed E-state index contributed by atoms with van der Waals surface area (Å²) < 4.78 is 3.14. The van der Waals surface area contributed by atoms with Gasteiger partial charge in [0.1, 0.15) is 0 Å². The van der Waals surface area contributed by atoms with Gasteiger partial charge in [-0.1, -0.05) is 11.3 Å². The molecule has 102 valence electrons. The number of rotatable bonds is 1. The molecule has 6 heteroatoms. The lowest BCUT2D eigenvalue weighted by atomic mass is 10.1. The molecule has 2 aromatic heterocycles. The molecular weight excluding hydrogens is 258 g/mol. The highest BCUT2D eigenvalue weighted by Crippen LogP contribution is 2.37. The van der Waals surface area contributed by atoms with Gasteiger partial charge in [-0.3, -0.25) is 0 Å². The Morgan fingerprint density at radius 2 is 2.11 bits per heavy atom. The Labute approximate surface area is 116 Å². The van der Waals surface area contributed by atoms with Crippen LogP contribution in [-0.2, 0) is 7.05 Å². The Balaban J connectivity index is 1.67. The van der Waals surface area contributed by atoms with E-state index in [1.165, 1.54) is 29.3 Å². The van der Waals surface area contributed by atoms with Crippen molar-refractivity contribution < 1.29 is 0 Å². The number of anilines is 1. The third kappa shape index (κ3) is 1.63. The molecule has 2 aliphatic rings. The molecule has 2 unspecified atom stereocenters. The minimum atomic E-state index is 0.728. The van der Waals surface area contributed by atoms with E-state index in [0.29, 0.717) is 0 Å². The Kier molecular flexibility index (Phi) is 2.41. The Hall–Kier alpha value is -1.14.